The Labute approximate surface area is 166 Å². The van der Waals surface area contributed by atoms with Crippen LogP contribution in [0.15, 0.2) is 29.2 Å². The van der Waals surface area contributed by atoms with Crippen molar-refractivity contribution in [3.05, 3.63) is 45.8 Å². The number of nitrogens with one attached hydrogen (secondary N) is 2. The molecule has 2 aromatic rings. The second kappa shape index (κ2) is 9.57. The third-order valence-corrected chi connectivity index (χ3v) is 6.02. The van der Waals surface area contributed by atoms with Gasteiger partial charge in [0.05, 0.1) is 12.7 Å². The fourth-order valence-electron chi connectivity index (χ4n) is 2.28. The van der Waals surface area contributed by atoms with E-state index in [0.29, 0.717) is 22.7 Å². The number of thiophene rings is 1. The summed E-state index contributed by atoms with van der Waals surface area (Å²) in [6, 6.07) is 8.12. The first kappa shape index (κ1) is 21.0. The summed E-state index contributed by atoms with van der Waals surface area (Å²) in [5.74, 6) is -0.141. The number of anilines is 1. The first-order valence-electron chi connectivity index (χ1n) is 8.30. The molecule has 2 rings (SSSR count). The van der Waals surface area contributed by atoms with Crippen LogP contribution in [0.5, 0.6) is 0 Å². The van der Waals surface area contributed by atoms with E-state index in [1.54, 1.807) is 18.7 Å². The van der Waals surface area contributed by atoms with Crippen LogP contribution in [0.4, 0.5) is 9.80 Å². The van der Waals surface area contributed by atoms with Crippen molar-refractivity contribution >= 4 is 46.0 Å². The van der Waals surface area contributed by atoms with Crippen molar-refractivity contribution in [2.75, 3.05) is 18.2 Å². The van der Waals surface area contributed by atoms with E-state index in [2.05, 4.69) is 15.4 Å². The lowest BCUT2D eigenvalue weighted by Gasteiger charge is -2.08. The lowest BCUT2D eigenvalue weighted by molar-refractivity contribution is -0.115. The molecule has 6 nitrogen and oxygen atoms in total. The second-order valence-corrected chi connectivity index (χ2v) is 8.29. The van der Waals surface area contributed by atoms with Crippen LogP contribution in [0.3, 0.4) is 0 Å². The quantitative estimate of drug-likeness (QED) is 0.699. The number of imide groups is 1. The van der Waals surface area contributed by atoms with E-state index in [1.807, 2.05) is 38.1 Å². The summed E-state index contributed by atoms with van der Waals surface area (Å²) in [7, 11) is 1.18. The molecule has 0 unspecified atom stereocenters. The SMILES string of the molecule is COC(=O)NC(=O)c1c(NC(=O)CCSc2ccc(C)cc2)sc(C)c1C. The van der Waals surface area contributed by atoms with Crippen LogP contribution in [0.25, 0.3) is 0 Å². The van der Waals surface area contributed by atoms with Crippen molar-refractivity contribution in [2.45, 2.75) is 32.1 Å². The predicted octanol–water partition coefficient (Wildman–Crippen LogP) is 4.29. The molecule has 0 aliphatic carbocycles. The van der Waals surface area contributed by atoms with Gasteiger partial charge in [0.1, 0.15) is 5.00 Å². The van der Waals surface area contributed by atoms with Crippen LogP contribution in [0.2, 0.25) is 0 Å². The molecular weight excluding hydrogens is 384 g/mol. The van der Waals surface area contributed by atoms with Gasteiger partial charge in [0.15, 0.2) is 0 Å². The summed E-state index contributed by atoms with van der Waals surface area (Å²) in [6.07, 6.45) is -0.526. The van der Waals surface area contributed by atoms with Crippen molar-refractivity contribution in [2.24, 2.45) is 0 Å². The van der Waals surface area contributed by atoms with Gasteiger partial charge in [-0.15, -0.1) is 23.1 Å². The summed E-state index contributed by atoms with van der Waals surface area (Å²) in [5, 5.41) is 5.37. The molecule has 27 heavy (non-hydrogen) atoms. The van der Waals surface area contributed by atoms with Crippen LogP contribution in [0, 0.1) is 20.8 Å². The van der Waals surface area contributed by atoms with Crippen molar-refractivity contribution in [1.29, 1.82) is 0 Å². The molecule has 1 aromatic carbocycles. The molecule has 0 saturated carbocycles. The lowest BCUT2D eigenvalue weighted by Crippen LogP contribution is -2.31. The van der Waals surface area contributed by atoms with E-state index in [4.69, 9.17) is 0 Å². The zero-order valence-electron chi connectivity index (χ0n) is 15.7. The van der Waals surface area contributed by atoms with Crippen LogP contribution in [-0.4, -0.2) is 30.8 Å². The molecule has 0 bridgehead atoms. The van der Waals surface area contributed by atoms with E-state index in [1.165, 1.54) is 24.0 Å². The molecule has 0 radical (unpaired) electrons. The molecule has 144 valence electrons. The Morgan fingerprint density at radius 2 is 1.78 bits per heavy atom. The summed E-state index contributed by atoms with van der Waals surface area (Å²) < 4.78 is 4.45. The van der Waals surface area contributed by atoms with Gasteiger partial charge in [0.2, 0.25) is 5.91 Å². The number of rotatable bonds is 6. The number of aryl methyl sites for hydroxylation is 2. The van der Waals surface area contributed by atoms with Crippen LogP contribution in [-0.2, 0) is 9.53 Å². The van der Waals surface area contributed by atoms with Gasteiger partial charge in [0, 0.05) is 21.9 Å². The molecule has 0 fully saturated rings. The monoisotopic (exact) mass is 406 g/mol. The number of benzene rings is 1. The number of hydrogen-bond acceptors (Lipinski definition) is 6. The van der Waals surface area contributed by atoms with E-state index < -0.39 is 12.0 Å². The standard InChI is InChI=1S/C19H22N2O4S2/c1-11-5-7-14(8-6-11)26-10-9-15(22)20-18-16(12(2)13(3)27-18)17(23)21-19(24)25-4/h5-8H,9-10H2,1-4H3,(H,20,22)(H,21,23,24). The molecule has 0 atom stereocenters. The van der Waals surface area contributed by atoms with Gasteiger partial charge in [-0.05, 0) is 38.5 Å². The largest absolute Gasteiger partial charge is 0.453 e. The number of thioether (sulfide) groups is 1. The average molecular weight is 407 g/mol. The topological polar surface area (TPSA) is 84.5 Å². The lowest BCUT2D eigenvalue weighted by atomic mass is 10.1. The van der Waals surface area contributed by atoms with Gasteiger partial charge >= 0.3 is 6.09 Å². The van der Waals surface area contributed by atoms with Crippen molar-refractivity contribution < 1.29 is 19.1 Å². The van der Waals surface area contributed by atoms with Gasteiger partial charge in [0.25, 0.3) is 5.91 Å². The minimum Gasteiger partial charge on any atom is -0.453 e. The zero-order valence-corrected chi connectivity index (χ0v) is 17.3. The Kier molecular flexibility index (Phi) is 7.44. The van der Waals surface area contributed by atoms with E-state index in [0.717, 1.165) is 15.3 Å². The smallest absolute Gasteiger partial charge is 0.413 e. The molecule has 8 heteroatoms. The number of carbonyl (C=O) groups is 3. The maximum Gasteiger partial charge on any atom is 0.413 e. The highest BCUT2D eigenvalue weighted by Gasteiger charge is 2.22. The van der Waals surface area contributed by atoms with Crippen LogP contribution >= 0.6 is 23.1 Å². The highest BCUT2D eigenvalue weighted by Crippen LogP contribution is 2.32. The normalized spacial score (nSPS) is 10.4. The Morgan fingerprint density at radius 3 is 2.41 bits per heavy atom. The number of amides is 3. The Morgan fingerprint density at radius 1 is 1.11 bits per heavy atom. The summed E-state index contributed by atoms with van der Waals surface area (Å²) in [5.41, 5.74) is 2.21. The van der Waals surface area contributed by atoms with Crippen LogP contribution in [0.1, 0.15) is 32.8 Å². The van der Waals surface area contributed by atoms with Gasteiger partial charge in [-0.2, -0.15) is 0 Å². The maximum atomic E-state index is 12.3. The highest BCUT2D eigenvalue weighted by atomic mass is 32.2. The number of ether oxygens (including phenoxy) is 1. The minimum absolute atomic E-state index is 0.178. The van der Waals surface area contributed by atoms with Gasteiger partial charge in [-0.3, -0.25) is 14.9 Å². The number of carbonyl (C=O) groups excluding carboxylic acids is 3. The third-order valence-electron chi connectivity index (χ3n) is 3.89. The first-order chi connectivity index (χ1) is 12.8. The molecule has 2 N–H and O–H groups in total. The summed E-state index contributed by atoms with van der Waals surface area (Å²) in [4.78, 5) is 37.9. The molecule has 0 aliphatic rings. The second-order valence-electron chi connectivity index (χ2n) is 5.89. The fourth-order valence-corrected chi connectivity index (χ4v) is 4.21. The predicted molar refractivity (Wildman–Crippen MR) is 109 cm³/mol. The third kappa shape index (κ3) is 5.83. The summed E-state index contributed by atoms with van der Waals surface area (Å²) in [6.45, 7) is 5.67. The van der Waals surface area contributed by atoms with Crippen molar-refractivity contribution in [3.8, 4) is 0 Å². The Hall–Kier alpha value is -2.32. The minimum atomic E-state index is -0.838. The van der Waals surface area contributed by atoms with Crippen molar-refractivity contribution in [1.82, 2.24) is 5.32 Å². The van der Waals surface area contributed by atoms with E-state index >= 15 is 0 Å². The zero-order chi connectivity index (χ0) is 20.0. The Balaban J connectivity index is 1.98. The van der Waals surface area contributed by atoms with Crippen LogP contribution < -0.4 is 10.6 Å². The molecule has 1 aromatic heterocycles. The highest BCUT2D eigenvalue weighted by molar-refractivity contribution is 7.99. The molecule has 3 amide bonds. The average Bonchev–Trinajstić information content (AvgIpc) is 2.90. The van der Waals surface area contributed by atoms with Gasteiger partial charge in [-0.1, -0.05) is 17.7 Å². The molecule has 1 heterocycles. The number of alkyl carbamates (subject to hydrolysis) is 1. The first-order valence-corrected chi connectivity index (χ1v) is 10.1. The number of hydrogen-bond donors (Lipinski definition) is 2. The molecular formula is C19H22N2O4S2. The molecule has 0 spiro atoms. The maximum absolute atomic E-state index is 12.3. The fraction of sp³-hybridized carbons (Fsp3) is 0.316. The van der Waals surface area contributed by atoms with Crippen molar-refractivity contribution in [3.63, 3.8) is 0 Å². The molecule has 0 saturated heterocycles. The van der Waals surface area contributed by atoms with Gasteiger partial charge in [-0.25, -0.2) is 4.79 Å². The summed E-state index contributed by atoms with van der Waals surface area (Å²) >= 11 is 2.91. The van der Waals surface area contributed by atoms with E-state index in [-0.39, 0.29) is 5.91 Å². The number of methoxy groups -OCH3 is 1. The van der Waals surface area contributed by atoms with Gasteiger partial charge < -0.3 is 10.1 Å². The molecule has 0 aliphatic heterocycles. The van der Waals surface area contributed by atoms with E-state index in [9.17, 15) is 14.4 Å². The Bertz CT molecular complexity index is 844.